The van der Waals surface area contributed by atoms with Crippen LogP contribution in [0, 0.1) is 0 Å². The van der Waals surface area contributed by atoms with Crippen LogP contribution in [0.4, 0.5) is 0 Å². The molecule has 2 aromatic carbocycles. The Bertz CT molecular complexity index is 1060. The Morgan fingerprint density at radius 3 is 2.42 bits per heavy atom. The molecule has 1 heterocycles. The van der Waals surface area contributed by atoms with Crippen molar-refractivity contribution in [2.24, 2.45) is 0 Å². The second-order valence-electron chi connectivity index (χ2n) is 7.34. The molecule has 1 amide bonds. The van der Waals surface area contributed by atoms with Crippen LogP contribution in [0.5, 0.6) is 11.5 Å². The molecule has 0 N–H and O–H groups in total. The summed E-state index contributed by atoms with van der Waals surface area (Å²) in [4.78, 5) is 14.8. The van der Waals surface area contributed by atoms with E-state index in [1.54, 1.807) is 31.3 Å². The Hall–Kier alpha value is -2.29. The molecule has 7 nitrogen and oxygen atoms in total. The van der Waals surface area contributed by atoms with Gasteiger partial charge >= 0.3 is 0 Å². The first-order chi connectivity index (χ1) is 14.8. The second-order valence-corrected chi connectivity index (χ2v) is 9.71. The normalized spacial score (nSPS) is 13.8. The first kappa shape index (κ1) is 23.4. The van der Waals surface area contributed by atoms with Gasteiger partial charge in [0, 0.05) is 24.7 Å². The summed E-state index contributed by atoms with van der Waals surface area (Å²) in [5.41, 5.74) is 2.07. The number of carbonyl (C=O) groups excluding carboxylic acids is 1. The highest BCUT2D eigenvalue weighted by molar-refractivity contribution is 7.89. The van der Waals surface area contributed by atoms with E-state index in [0.29, 0.717) is 42.5 Å². The van der Waals surface area contributed by atoms with Crippen molar-refractivity contribution in [2.45, 2.75) is 31.2 Å². The van der Waals surface area contributed by atoms with Crippen molar-refractivity contribution in [2.75, 3.05) is 33.9 Å². The van der Waals surface area contributed by atoms with Crippen LogP contribution in [0.1, 0.15) is 24.5 Å². The molecule has 0 aliphatic carbocycles. The van der Waals surface area contributed by atoms with E-state index < -0.39 is 10.0 Å². The van der Waals surface area contributed by atoms with E-state index in [-0.39, 0.29) is 23.9 Å². The average molecular weight is 467 g/mol. The first-order valence-electron chi connectivity index (χ1n) is 10.1. The van der Waals surface area contributed by atoms with Crippen LogP contribution in [0.3, 0.4) is 0 Å². The molecule has 168 valence electrons. The van der Waals surface area contributed by atoms with Gasteiger partial charge in [-0.3, -0.25) is 4.79 Å². The maximum absolute atomic E-state index is 13.1. The fourth-order valence-corrected chi connectivity index (χ4v) is 5.44. The van der Waals surface area contributed by atoms with Gasteiger partial charge in [-0.1, -0.05) is 24.6 Å². The third-order valence-corrected chi connectivity index (χ3v) is 7.37. The van der Waals surface area contributed by atoms with Crippen molar-refractivity contribution in [1.29, 1.82) is 0 Å². The number of carbonyl (C=O) groups is 1. The fraction of sp³-hybridized carbons (Fsp3) is 0.409. The number of halogens is 1. The number of hydrogen-bond acceptors (Lipinski definition) is 5. The average Bonchev–Trinajstić information content (AvgIpc) is 2.77. The van der Waals surface area contributed by atoms with Gasteiger partial charge in [-0.05, 0) is 54.3 Å². The first-order valence-corrected chi connectivity index (χ1v) is 11.9. The Labute approximate surface area is 188 Å². The molecule has 1 aliphatic rings. The molecule has 0 radical (unpaired) electrons. The number of sulfonamides is 1. The van der Waals surface area contributed by atoms with E-state index >= 15 is 0 Å². The molecular formula is C22H27ClN2O5S. The lowest BCUT2D eigenvalue weighted by molar-refractivity contribution is -0.132. The SMILES string of the molecule is CCCN(CC(=O)N1CCc2cc(OC)c(OC)cc2C1)S(=O)(=O)c1cccc(Cl)c1. The summed E-state index contributed by atoms with van der Waals surface area (Å²) in [5, 5.41) is 0.334. The molecule has 31 heavy (non-hydrogen) atoms. The third-order valence-electron chi connectivity index (χ3n) is 5.29. The van der Waals surface area contributed by atoms with Crippen LogP contribution < -0.4 is 9.47 Å². The van der Waals surface area contributed by atoms with E-state index in [4.69, 9.17) is 21.1 Å². The standard InChI is InChI=1S/C22H27ClN2O5S/c1-4-9-25(31(27,28)19-7-5-6-18(23)13-19)15-22(26)24-10-8-16-11-20(29-2)21(30-3)12-17(16)14-24/h5-7,11-13H,4,8-10,14-15H2,1-3H3. The molecule has 0 saturated heterocycles. The number of amides is 1. The van der Waals surface area contributed by atoms with Crippen molar-refractivity contribution in [3.8, 4) is 11.5 Å². The van der Waals surface area contributed by atoms with Crippen LogP contribution >= 0.6 is 11.6 Å². The number of ether oxygens (including phenoxy) is 2. The van der Waals surface area contributed by atoms with Crippen molar-refractivity contribution in [3.63, 3.8) is 0 Å². The van der Waals surface area contributed by atoms with Gasteiger partial charge in [0.2, 0.25) is 15.9 Å². The summed E-state index contributed by atoms with van der Waals surface area (Å²) in [6.07, 6.45) is 1.25. The summed E-state index contributed by atoms with van der Waals surface area (Å²) in [7, 11) is -0.677. The van der Waals surface area contributed by atoms with E-state index in [2.05, 4.69) is 0 Å². The van der Waals surface area contributed by atoms with Gasteiger partial charge < -0.3 is 14.4 Å². The van der Waals surface area contributed by atoms with Gasteiger partial charge in [-0.2, -0.15) is 4.31 Å². The van der Waals surface area contributed by atoms with Crippen molar-refractivity contribution in [3.05, 3.63) is 52.5 Å². The molecule has 0 unspecified atom stereocenters. The lowest BCUT2D eigenvalue weighted by Gasteiger charge is -2.31. The predicted molar refractivity (Wildman–Crippen MR) is 119 cm³/mol. The van der Waals surface area contributed by atoms with Crippen LogP contribution in [0.2, 0.25) is 5.02 Å². The Kier molecular flexibility index (Phi) is 7.46. The summed E-state index contributed by atoms with van der Waals surface area (Å²) in [5.74, 6) is 1.02. The molecule has 0 fully saturated rings. The molecule has 0 atom stereocenters. The maximum Gasteiger partial charge on any atom is 0.243 e. The number of fused-ring (bicyclic) bond motifs is 1. The van der Waals surface area contributed by atoms with Gasteiger partial charge in [0.05, 0.1) is 25.7 Å². The number of benzene rings is 2. The van der Waals surface area contributed by atoms with Crippen molar-refractivity contribution in [1.82, 2.24) is 9.21 Å². The lowest BCUT2D eigenvalue weighted by atomic mass is 9.98. The molecular weight excluding hydrogens is 440 g/mol. The predicted octanol–water partition coefficient (Wildman–Crippen LogP) is 3.34. The molecule has 0 spiro atoms. The fourth-order valence-electron chi connectivity index (χ4n) is 3.66. The second kappa shape index (κ2) is 9.89. The van der Waals surface area contributed by atoms with Crippen LogP contribution in [-0.4, -0.2) is 57.4 Å². The summed E-state index contributed by atoms with van der Waals surface area (Å²) >= 11 is 5.98. The molecule has 2 aromatic rings. The number of hydrogen-bond donors (Lipinski definition) is 0. The van der Waals surface area contributed by atoms with Gasteiger partial charge in [0.1, 0.15) is 0 Å². The van der Waals surface area contributed by atoms with E-state index in [9.17, 15) is 13.2 Å². The van der Waals surface area contributed by atoms with E-state index in [1.807, 2.05) is 19.1 Å². The monoisotopic (exact) mass is 466 g/mol. The molecule has 1 aliphatic heterocycles. The maximum atomic E-state index is 13.1. The zero-order chi connectivity index (χ0) is 22.6. The lowest BCUT2D eigenvalue weighted by Crippen LogP contribution is -2.44. The van der Waals surface area contributed by atoms with Gasteiger partial charge in [0.15, 0.2) is 11.5 Å². The molecule has 3 rings (SSSR count). The number of methoxy groups -OCH3 is 2. The minimum Gasteiger partial charge on any atom is -0.493 e. The zero-order valence-corrected chi connectivity index (χ0v) is 19.5. The highest BCUT2D eigenvalue weighted by Gasteiger charge is 2.30. The highest BCUT2D eigenvalue weighted by Crippen LogP contribution is 2.33. The van der Waals surface area contributed by atoms with Crippen molar-refractivity contribution >= 4 is 27.5 Å². The Morgan fingerprint density at radius 2 is 1.81 bits per heavy atom. The molecule has 0 saturated carbocycles. The van der Waals surface area contributed by atoms with Gasteiger partial charge in [-0.25, -0.2) is 8.42 Å². The van der Waals surface area contributed by atoms with Gasteiger partial charge in [-0.15, -0.1) is 0 Å². The van der Waals surface area contributed by atoms with Crippen LogP contribution in [0.15, 0.2) is 41.3 Å². The largest absolute Gasteiger partial charge is 0.493 e. The minimum atomic E-state index is -3.83. The highest BCUT2D eigenvalue weighted by atomic mass is 35.5. The van der Waals surface area contributed by atoms with Crippen LogP contribution in [-0.2, 0) is 27.8 Å². The smallest absolute Gasteiger partial charge is 0.243 e. The minimum absolute atomic E-state index is 0.0853. The topological polar surface area (TPSA) is 76.2 Å². The van der Waals surface area contributed by atoms with Crippen LogP contribution in [0.25, 0.3) is 0 Å². The third kappa shape index (κ3) is 5.14. The zero-order valence-electron chi connectivity index (χ0n) is 17.9. The summed E-state index contributed by atoms with van der Waals surface area (Å²) < 4.78 is 38.2. The van der Waals surface area contributed by atoms with E-state index in [0.717, 1.165) is 11.1 Å². The molecule has 0 bridgehead atoms. The quantitative estimate of drug-likeness (QED) is 0.596. The Morgan fingerprint density at radius 1 is 1.13 bits per heavy atom. The number of nitrogens with zero attached hydrogens (tertiary/aromatic N) is 2. The van der Waals surface area contributed by atoms with Gasteiger partial charge in [0.25, 0.3) is 0 Å². The molecule has 9 heteroatoms. The molecule has 0 aromatic heterocycles. The van der Waals surface area contributed by atoms with E-state index in [1.165, 1.54) is 16.4 Å². The van der Waals surface area contributed by atoms with Crippen molar-refractivity contribution < 1.29 is 22.7 Å². The summed E-state index contributed by atoms with van der Waals surface area (Å²) in [6.45, 7) is 2.81. The number of rotatable bonds is 8. The summed E-state index contributed by atoms with van der Waals surface area (Å²) in [6, 6.07) is 9.91. The Balaban J connectivity index is 1.79.